The molecule has 7 heteroatoms. The first-order valence-corrected chi connectivity index (χ1v) is 8.39. The van der Waals surface area contributed by atoms with Crippen molar-refractivity contribution < 1.29 is 32.9 Å². The Morgan fingerprint density at radius 3 is 2.36 bits per heavy atom. The molecule has 4 nitrogen and oxygen atoms in total. The van der Waals surface area contributed by atoms with Crippen molar-refractivity contribution in [2.24, 2.45) is 0 Å². The average Bonchev–Trinajstić information content (AvgIpc) is 2.58. The number of aromatic hydroxyl groups is 2. The molecule has 0 aromatic heterocycles. The molecule has 0 fully saturated rings. The third-order valence-electron chi connectivity index (χ3n) is 3.83. The van der Waals surface area contributed by atoms with E-state index in [-0.39, 0.29) is 23.7 Å². The van der Waals surface area contributed by atoms with Gasteiger partial charge in [-0.1, -0.05) is 29.9 Å². The number of phenols is 2. The van der Waals surface area contributed by atoms with E-state index in [1.165, 1.54) is 19.2 Å². The molecule has 0 heterocycles. The Bertz CT molecular complexity index is 895. The Balaban J connectivity index is 2.50. The van der Waals surface area contributed by atoms with Gasteiger partial charge in [-0.05, 0) is 49.6 Å². The Labute approximate surface area is 161 Å². The summed E-state index contributed by atoms with van der Waals surface area (Å²) in [6.07, 6.45) is 0.311. The van der Waals surface area contributed by atoms with Crippen LogP contribution in [0.2, 0.25) is 0 Å². The molecule has 0 amide bonds. The van der Waals surface area contributed by atoms with Crippen molar-refractivity contribution in [1.82, 2.24) is 0 Å². The van der Waals surface area contributed by atoms with Crippen LogP contribution in [0.1, 0.15) is 30.5 Å². The molecule has 0 saturated carbocycles. The highest BCUT2D eigenvalue weighted by atomic mass is 19.4. The van der Waals surface area contributed by atoms with Crippen LogP contribution >= 0.6 is 0 Å². The number of phenolic OH excluding ortho intramolecular Hbond substituents is 2. The van der Waals surface area contributed by atoms with Crippen molar-refractivity contribution in [2.45, 2.75) is 26.6 Å². The van der Waals surface area contributed by atoms with Gasteiger partial charge in [-0.15, -0.1) is 13.2 Å². The topological polar surface area (TPSA) is 58.9 Å². The molecule has 0 aliphatic rings. The summed E-state index contributed by atoms with van der Waals surface area (Å²) in [6.45, 7) is 3.67. The third kappa shape index (κ3) is 5.97. The quantitative estimate of drug-likeness (QED) is 0.489. The van der Waals surface area contributed by atoms with Gasteiger partial charge in [0.2, 0.25) is 0 Å². The van der Waals surface area contributed by atoms with Crippen LogP contribution in [0.5, 0.6) is 23.0 Å². The first kappa shape index (κ1) is 21.2. The monoisotopic (exact) mass is 394 g/mol. The Morgan fingerprint density at radius 2 is 1.75 bits per heavy atom. The normalized spacial score (nSPS) is 11.5. The van der Waals surface area contributed by atoms with Gasteiger partial charge < -0.3 is 19.7 Å². The molecule has 150 valence electrons. The number of rotatable bonds is 6. The largest absolute Gasteiger partial charge is 0.573 e. The maximum absolute atomic E-state index is 12.8. The van der Waals surface area contributed by atoms with E-state index in [0.717, 1.165) is 11.6 Å². The number of hydrogen-bond donors (Lipinski definition) is 2. The van der Waals surface area contributed by atoms with Crippen LogP contribution in [0.4, 0.5) is 13.2 Å². The molecule has 2 aromatic rings. The summed E-state index contributed by atoms with van der Waals surface area (Å²) < 4.78 is 47.5. The van der Waals surface area contributed by atoms with Crippen molar-refractivity contribution in [3.05, 3.63) is 58.7 Å². The lowest BCUT2D eigenvalue weighted by Gasteiger charge is -2.15. The lowest BCUT2D eigenvalue weighted by molar-refractivity contribution is -0.274. The molecule has 0 radical (unpaired) electrons. The van der Waals surface area contributed by atoms with Crippen LogP contribution in [0, 0.1) is 0 Å². The molecule has 2 N–H and O–H groups in total. The van der Waals surface area contributed by atoms with E-state index in [4.69, 9.17) is 4.74 Å². The number of ether oxygens (including phenoxy) is 2. The molecule has 0 spiro atoms. The molecule has 0 atom stereocenters. The van der Waals surface area contributed by atoms with Gasteiger partial charge in [0.1, 0.15) is 11.5 Å². The van der Waals surface area contributed by atoms with E-state index in [9.17, 15) is 23.4 Å². The van der Waals surface area contributed by atoms with Crippen LogP contribution in [0.15, 0.2) is 42.0 Å². The lowest BCUT2D eigenvalue weighted by Crippen LogP contribution is -2.18. The molecule has 28 heavy (non-hydrogen) atoms. The summed E-state index contributed by atoms with van der Waals surface area (Å²) >= 11 is 0. The second kappa shape index (κ2) is 8.73. The van der Waals surface area contributed by atoms with Gasteiger partial charge in [-0.3, -0.25) is 0 Å². The molecule has 0 bridgehead atoms. The van der Waals surface area contributed by atoms with Gasteiger partial charge in [0, 0.05) is 11.6 Å². The maximum Gasteiger partial charge on any atom is 0.573 e. The summed E-state index contributed by atoms with van der Waals surface area (Å²) in [5.74, 6) is -0.554. The number of benzene rings is 2. The summed E-state index contributed by atoms with van der Waals surface area (Å²) in [6, 6.07) is 6.97. The van der Waals surface area contributed by atoms with Gasteiger partial charge in [0.05, 0.1) is 7.11 Å². The number of allylic oxidation sites excluding steroid dienone is 2. The van der Waals surface area contributed by atoms with Gasteiger partial charge in [0.15, 0.2) is 11.5 Å². The van der Waals surface area contributed by atoms with Crippen LogP contribution in [-0.2, 0) is 6.42 Å². The van der Waals surface area contributed by atoms with Crippen LogP contribution in [-0.4, -0.2) is 23.7 Å². The fourth-order valence-electron chi connectivity index (χ4n) is 2.52. The average molecular weight is 394 g/mol. The van der Waals surface area contributed by atoms with Gasteiger partial charge in [-0.2, -0.15) is 0 Å². The lowest BCUT2D eigenvalue weighted by atomic mass is 10.00. The SMILES string of the molecule is COc1cc(/C=C/c2cc(O)cc(OC(F)(F)F)c2CC=C(C)C)ccc1O. The first-order chi connectivity index (χ1) is 13.1. The van der Waals surface area contributed by atoms with E-state index < -0.39 is 12.1 Å². The highest BCUT2D eigenvalue weighted by molar-refractivity contribution is 5.74. The highest BCUT2D eigenvalue weighted by Crippen LogP contribution is 2.35. The zero-order valence-electron chi connectivity index (χ0n) is 15.7. The number of hydrogen-bond acceptors (Lipinski definition) is 4. The summed E-state index contributed by atoms with van der Waals surface area (Å²) in [4.78, 5) is 0. The van der Waals surface area contributed by atoms with Crippen LogP contribution in [0.25, 0.3) is 12.2 Å². The van der Waals surface area contributed by atoms with Crippen molar-refractivity contribution >= 4 is 12.2 Å². The predicted molar refractivity (Wildman–Crippen MR) is 102 cm³/mol. The Hall–Kier alpha value is -3.09. The Morgan fingerprint density at radius 1 is 1.04 bits per heavy atom. The summed E-state index contributed by atoms with van der Waals surface area (Å²) in [7, 11) is 1.41. The fourth-order valence-corrected chi connectivity index (χ4v) is 2.52. The fraction of sp³-hybridized carbons (Fsp3) is 0.238. The van der Waals surface area contributed by atoms with Crippen LogP contribution in [0.3, 0.4) is 0 Å². The van der Waals surface area contributed by atoms with Gasteiger partial charge in [0.25, 0.3) is 0 Å². The molecule has 0 aliphatic carbocycles. The standard InChI is InChI=1S/C21H21F3O4/c1-13(2)4-8-17-15(11-16(25)12-19(17)28-21(22,23)24)7-5-14-6-9-18(26)20(10-14)27-3/h4-7,9-12,25-26H,8H2,1-3H3/b7-5+. The van der Waals surface area contributed by atoms with E-state index in [2.05, 4.69) is 4.74 Å². The molecule has 0 aliphatic heterocycles. The zero-order chi connectivity index (χ0) is 20.9. The van der Waals surface area contributed by atoms with E-state index in [1.54, 1.807) is 30.4 Å². The van der Waals surface area contributed by atoms with E-state index >= 15 is 0 Å². The smallest absolute Gasteiger partial charge is 0.508 e. The summed E-state index contributed by atoms with van der Waals surface area (Å²) in [5.41, 5.74) is 2.26. The number of halogens is 3. The second-order valence-electron chi connectivity index (χ2n) is 6.31. The Kier molecular flexibility index (Phi) is 6.62. The summed E-state index contributed by atoms with van der Waals surface area (Å²) in [5, 5.41) is 19.5. The van der Waals surface area contributed by atoms with Crippen LogP contribution < -0.4 is 9.47 Å². The van der Waals surface area contributed by atoms with Crippen molar-refractivity contribution in [3.8, 4) is 23.0 Å². The molecular weight excluding hydrogens is 373 g/mol. The van der Waals surface area contributed by atoms with E-state index in [0.29, 0.717) is 16.7 Å². The first-order valence-electron chi connectivity index (χ1n) is 8.39. The van der Waals surface area contributed by atoms with Gasteiger partial charge in [-0.25, -0.2) is 0 Å². The van der Waals surface area contributed by atoms with Crippen molar-refractivity contribution in [2.75, 3.05) is 7.11 Å². The third-order valence-corrected chi connectivity index (χ3v) is 3.83. The minimum Gasteiger partial charge on any atom is -0.508 e. The number of methoxy groups -OCH3 is 1. The second-order valence-corrected chi connectivity index (χ2v) is 6.31. The molecule has 2 rings (SSSR count). The minimum absolute atomic E-state index is 0.0258. The molecule has 0 saturated heterocycles. The maximum atomic E-state index is 12.8. The molecular formula is C21H21F3O4. The molecule has 0 unspecified atom stereocenters. The van der Waals surface area contributed by atoms with Crippen molar-refractivity contribution in [1.29, 1.82) is 0 Å². The van der Waals surface area contributed by atoms with E-state index in [1.807, 2.05) is 13.8 Å². The highest BCUT2D eigenvalue weighted by Gasteiger charge is 2.32. The number of alkyl halides is 3. The van der Waals surface area contributed by atoms with Gasteiger partial charge >= 0.3 is 6.36 Å². The predicted octanol–water partition coefficient (Wildman–Crippen LogP) is 5.68. The molecule has 2 aromatic carbocycles. The van der Waals surface area contributed by atoms with Crippen molar-refractivity contribution in [3.63, 3.8) is 0 Å². The minimum atomic E-state index is -4.88. The zero-order valence-corrected chi connectivity index (χ0v) is 15.7.